The van der Waals surface area contributed by atoms with Gasteiger partial charge in [0.15, 0.2) is 16.3 Å². The number of esters is 1. The molecule has 1 atom stereocenters. The molecule has 45 heavy (non-hydrogen) atoms. The lowest BCUT2D eigenvalue weighted by atomic mass is 9.95. The Hall–Kier alpha value is -4.05. The van der Waals surface area contributed by atoms with Crippen molar-refractivity contribution in [1.82, 2.24) is 4.57 Å². The first-order valence-corrected chi connectivity index (χ1v) is 15.9. The van der Waals surface area contributed by atoms with Crippen molar-refractivity contribution in [2.24, 2.45) is 4.99 Å². The van der Waals surface area contributed by atoms with Crippen LogP contribution in [-0.2, 0) is 16.1 Å². The molecule has 0 saturated carbocycles. The van der Waals surface area contributed by atoms with Gasteiger partial charge in [0.05, 0.1) is 41.7 Å². The summed E-state index contributed by atoms with van der Waals surface area (Å²) in [6.07, 6.45) is 1.71. The van der Waals surface area contributed by atoms with E-state index in [2.05, 4.69) is 4.99 Å². The molecule has 0 N–H and O–H groups in total. The summed E-state index contributed by atoms with van der Waals surface area (Å²) in [4.78, 5) is 32.5. The van der Waals surface area contributed by atoms with Gasteiger partial charge < -0.3 is 18.9 Å². The second-order valence-corrected chi connectivity index (χ2v) is 12.3. The largest absolute Gasteiger partial charge is 0.493 e. The summed E-state index contributed by atoms with van der Waals surface area (Å²) in [6.45, 7) is 7.76. The molecule has 0 saturated heterocycles. The number of hydrogen-bond acceptors (Lipinski definition) is 8. The molecule has 0 spiro atoms. The second-order valence-electron chi connectivity index (χ2n) is 10.5. The molecule has 0 unspecified atom stereocenters. The number of ether oxygens (including phenoxy) is 4. The lowest BCUT2D eigenvalue weighted by Crippen LogP contribution is -2.40. The fraction of sp³-hybridized carbons (Fsp3) is 0.265. The van der Waals surface area contributed by atoms with Crippen molar-refractivity contribution in [2.75, 3.05) is 13.7 Å². The van der Waals surface area contributed by atoms with E-state index in [1.54, 1.807) is 51.3 Å². The van der Waals surface area contributed by atoms with Crippen molar-refractivity contribution < 1.29 is 23.7 Å². The quantitative estimate of drug-likeness (QED) is 0.180. The number of halogens is 2. The number of nitrogens with zero attached hydrogens (tertiary/aromatic N) is 2. The Morgan fingerprint density at radius 2 is 1.89 bits per heavy atom. The molecule has 1 aliphatic heterocycles. The second kappa shape index (κ2) is 13.9. The normalized spacial score (nSPS) is 14.7. The molecule has 5 rings (SSSR count). The van der Waals surface area contributed by atoms with Crippen LogP contribution in [0.4, 0.5) is 0 Å². The minimum absolute atomic E-state index is 0.0706. The van der Waals surface area contributed by atoms with Crippen LogP contribution in [0, 0.1) is 0 Å². The Kier molecular flexibility index (Phi) is 10.0. The Labute approximate surface area is 274 Å². The van der Waals surface area contributed by atoms with Crippen molar-refractivity contribution in [2.45, 2.75) is 46.4 Å². The molecule has 0 fully saturated rings. The zero-order valence-corrected chi connectivity index (χ0v) is 27.8. The van der Waals surface area contributed by atoms with E-state index >= 15 is 0 Å². The van der Waals surface area contributed by atoms with Gasteiger partial charge in [-0.25, -0.2) is 9.79 Å². The first kappa shape index (κ1) is 32.3. The molecule has 2 heterocycles. The van der Waals surface area contributed by atoms with E-state index < -0.39 is 12.0 Å². The fourth-order valence-corrected chi connectivity index (χ4v) is 6.47. The molecule has 8 nitrogen and oxygen atoms in total. The van der Waals surface area contributed by atoms with Crippen LogP contribution in [0.25, 0.3) is 6.08 Å². The third-order valence-corrected chi connectivity index (χ3v) is 8.52. The smallest absolute Gasteiger partial charge is 0.338 e. The van der Waals surface area contributed by atoms with E-state index in [1.165, 1.54) is 15.9 Å². The van der Waals surface area contributed by atoms with Crippen LogP contribution in [0.15, 0.2) is 81.7 Å². The number of aromatic nitrogens is 1. The highest BCUT2D eigenvalue weighted by Gasteiger charge is 2.34. The SMILES string of the molecule is CCOC(=O)C1=C(C)N=c2s/c(=C/c3cccc(OCc4ccc(Cl)cc4Cl)c3)c(=O)n2[C@@H]1c1ccc(OC(C)C)c(OC)c1. The van der Waals surface area contributed by atoms with Gasteiger partial charge in [-0.1, -0.05) is 58.8 Å². The van der Waals surface area contributed by atoms with Gasteiger partial charge in [-0.15, -0.1) is 0 Å². The number of methoxy groups -OCH3 is 1. The summed E-state index contributed by atoms with van der Waals surface area (Å²) < 4.78 is 24.9. The molecule has 0 amide bonds. The molecule has 1 aliphatic rings. The van der Waals surface area contributed by atoms with Crippen molar-refractivity contribution in [3.63, 3.8) is 0 Å². The highest BCUT2D eigenvalue weighted by atomic mass is 35.5. The average molecular weight is 668 g/mol. The molecule has 234 valence electrons. The van der Waals surface area contributed by atoms with Crippen molar-refractivity contribution in [3.05, 3.63) is 118 Å². The van der Waals surface area contributed by atoms with Gasteiger partial charge >= 0.3 is 5.97 Å². The zero-order valence-electron chi connectivity index (χ0n) is 25.4. The molecule has 3 aromatic carbocycles. The predicted octanol–water partition coefficient (Wildman–Crippen LogP) is 6.48. The van der Waals surface area contributed by atoms with Gasteiger partial charge in [0.25, 0.3) is 5.56 Å². The summed E-state index contributed by atoms with van der Waals surface area (Å²) >= 11 is 13.6. The maximum atomic E-state index is 14.1. The standard InChI is InChI=1S/C34H32Cl2N2O6S/c1-6-42-33(40)30-20(4)37-34-38(31(30)22-11-13-27(44-19(2)3)28(16-22)41-5)32(39)29(45-34)15-21-8-7-9-25(14-21)43-18-23-10-12-24(35)17-26(23)36/h7-17,19,31H,6,18H2,1-5H3/b29-15+/t31-/m1/s1. The minimum Gasteiger partial charge on any atom is -0.493 e. The number of allylic oxidation sites excluding steroid dienone is 1. The van der Waals surface area contributed by atoms with Crippen LogP contribution < -0.4 is 29.1 Å². The van der Waals surface area contributed by atoms with Crippen LogP contribution in [0.1, 0.15) is 50.4 Å². The lowest BCUT2D eigenvalue weighted by molar-refractivity contribution is -0.139. The van der Waals surface area contributed by atoms with Crippen LogP contribution in [-0.4, -0.2) is 30.4 Å². The van der Waals surface area contributed by atoms with E-state index in [1.807, 2.05) is 50.2 Å². The van der Waals surface area contributed by atoms with E-state index in [0.717, 1.165) is 11.1 Å². The van der Waals surface area contributed by atoms with Gasteiger partial charge in [-0.3, -0.25) is 9.36 Å². The predicted molar refractivity (Wildman–Crippen MR) is 176 cm³/mol. The van der Waals surface area contributed by atoms with Crippen LogP contribution in [0.2, 0.25) is 10.0 Å². The molecule has 0 radical (unpaired) electrons. The highest BCUT2D eigenvalue weighted by Crippen LogP contribution is 2.36. The van der Waals surface area contributed by atoms with Crippen molar-refractivity contribution in [1.29, 1.82) is 0 Å². The number of benzene rings is 3. The zero-order chi connectivity index (χ0) is 32.2. The molecular formula is C34H32Cl2N2O6S. The Morgan fingerprint density at radius 3 is 2.60 bits per heavy atom. The molecule has 0 bridgehead atoms. The van der Waals surface area contributed by atoms with Crippen molar-refractivity contribution >= 4 is 46.6 Å². The van der Waals surface area contributed by atoms with E-state index in [-0.39, 0.29) is 30.5 Å². The summed E-state index contributed by atoms with van der Waals surface area (Å²) in [6, 6.07) is 17.3. The minimum atomic E-state index is -0.789. The maximum Gasteiger partial charge on any atom is 0.338 e. The Morgan fingerprint density at radius 1 is 1.09 bits per heavy atom. The third kappa shape index (κ3) is 7.11. The fourth-order valence-electron chi connectivity index (χ4n) is 4.96. The molecule has 11 heteroatoms. The summed E-state index contributed by atoms with van der Waals surface area (Å²) in [5.41, 5.74) is 2.68. The van der Waals surface area contributed by atoms with Gasteiger partial charge in [0.1, 0.15) is 12.4 Å². The van der Waals surface area contributed by atoms with Gasteiger partial charge in [0, 0.05) is 15.6 Å². The maximum absolute atomic E-state index is 14.1. The van der Waals surface area contributed by atoms with Gasteiger partial charge in [-0.05, 0) is 81.3 Å². The topological polar surface area (TPSA) is 88.4 Å². The number of carbonyl (C=O) groups is 1. The van der Waals surface area contributed by atoms with Crippen LogP contribution in [0.3, 0.4) is 0 Å². The highest BCUT2D eigenvalue weighted by molar-refractivity contribution is 7.07. The number of fused-ring (bicyclic) bond motifs is 1. The van der Waals surface area contributed by atoms with E-state index in [9.17, 15) is 9.59 Å². The monoisotopic (exact) mass is 666 g/mol. The van der Waals surface area contributed by atoms with Gasteiger partial charge in [0.2, 0.25) is 0 Å². The summed E-state index contributed by atoms with van der Waals surface area (Å²) in [5, 5.41) is 1.07. The number of thiazole rings is 1. The van der Waals surface area contributed by atoms with E-state index in [0.29, 0.717) is 47.9 Å². The summed E-state index contributed by atoms with van der Waals surface area (Å²) in [5.74, 6) is 1.11. The first-order valence-electron chi connectivity index (χ1n) is 14.3. The van der Waals surface area contributed by atoms with Gasteiger partial charge in [-0.2, -0.15) is 0 Å². The number of carbonyl (C=O) groups excluding carboxylic acids is 1. The van der Waals surface area contributed by atoms with Crippen LogP contribution >= 0.6 is 34.5 Å². The van der Waals surface area contributed by atoms with Crippen molar-refractivity contribution in [3.8, 4) is 17.2 Å². The molecular weight excluding hydrogens is 635 g/mol. The van der Waals surface area contributed by atoms with Crippen LogP contribution in [0.5, 0.6) is 17.2 Å². The summed E-state index contributed by atoms with van der Waals surface area (Å²) in [7, 11) is 1.55. The Bertz CT molecular complexity index is 1960. The molecule has 1 aromatic heterocycles. The molecule has 4 aromatic rings. The number of rotatable bonds is 10. The van der Waals surface area contributed by atoms with E-state index in [4.69, 9.17) is 42.1 Å². The average Bonchev–Trinajstić information content (AvgIpc) is 3.30. The number of hydrogen-bond donors (Lipinski definition) is 0. The third-order valence-electron chi connectivity index (χ3n) is 6.95. The first-order chi connectivity index (χ1) is 21.6. The Balaban J connectivity index is 1.56. The lowest BCUT2D eigenvalue weighted by Gasteiger charge is -2.25. The molecule has 0 aliphatic carbocycles.